The second-order valence-corrected chi connectivity index (χ2v) is 10.5. The average molecular weight is 327 g/mol. The van der Waals surface area contributed by atoms with Gasteiger partial charge >= 0.3 is 0 Å². The van der Waals surface area contributed by atoms with Crippen molar-refractivity contribution in [3.05, 3.63) is 0 Å². The Morgan fingerprint density at radius 1 is 1.09 bits per heavy atom. The van der Waals surface area contributed by atoms with Gasteiger partial charge in [0, 0.05) is 4.75 Å². The van der Waals surface area contributed by atoms with Gasteiger partial charge in [-0.15, -0.1) is 0 Å². The van der Waals surface area contributed by atoms with E-state index >= 15 is 0 Å². The summed E-state index contributed by atoms with van der Waals surface area (Å²) in [5.74, 6) is 5.52. The Morgan fingerprint density at radius 3 is 2.09 bits per heavy atom. The maximum Gasteiger partial charge on any atom is 0.0129 e. The fraction of sp³-hybridized carbons (Fsp3) is 1.00. The van der Waals surface area contributed by atoms with Gasteiger partial charge in [0.2, 0.25) is 0 Å². The zero-order valence-electron chi connectivity index (χ0n) is 16.6. The molecular weight excluding hydrogens is 284 g/mol. The minimum Gasteiger partial charge on any atom is -0.159 e. The van der Waals surface area contributed by atoms with Gasteiger partial charge in [-0.2, -0.15) is 11.8 Å². The summed E-state index contributed by atoms with van der Waals surface area (Å²) in [5.41, 5.74) is 0. The first-order valence-corrected chi connectivity index (χ1v) is 11.0. The molecule has 4 unspecified atom stereocenters. The van der Waals surface area contributed by atoms with Crippen molar-refractivity contribution in [3.63, 3.8) is 0 Å². The van der Waals surface area contributed by atoms with E-state index in [1.807, 2.05) is 0 Å². The predicted octanol–water partition coefficient (Wildman–Crippen LogP) is 7.28. The van der Waals surface area contributed by atoms with Crippen LogP contribution in [0, 0.1) is 35.5 Å². The van der Waals surface area contributed by atoms with E-state index in [1.54, 1.807) is 0 Å². The first-order chi connectivity index (χ1) is 10.2. The Morgan fingerprint density at radius 2 is 1.64 bits per heavy atom. The lowest BCUT2D eigenvalue weighted by molar-refractivity contribution is 0.121. The van der Waals surface area contributed by atoms with Crippen LogP contribution in [0.15, 0.2) is 0 Å². The molecule has 132 valence electrons. The van der Waals surface area contributed by atoms with Gasteiger partial charge in [0.15, 0.2) is 0 Å². The Labute approximate surface area is 145 Å². The van der Waals surface area contributed by atoms with Crippen molar-refractivity contribution in [1.29, 1.82) is 0 Å². The molecule has 1 aliphatic carbocycles. The van der Waals surface area contributed by atoms with Gasteiger partial charge in [-0.25, -0.2) is 0 Å². The van der Waals surface area contributed by atoms with Gasteiger partial charge in [0.1, 0.15) is 0 Å². The maximum atomic E-state index is 2.52. The van der Waals surface area contributed by atoms with E-state index in [9.17, 15) is 0 Å². The van der Waals surface area contributed by atoms with Gasteiger partial charge in [0.25, 0.3) is 0 Å². The number of rotatable bonds is 8. The smallest absolute Gasteiger partial charge is 0.0129 e. The molecule has 0 bridgehead atoms. The second kappa shape index (κ2) is 9.00. The fourth-order valence-corrected chi connectivity index (χ4v) is 5.29. The predicted molar refractivity (Wildman–Crippen MR) is 105 cm³/mol. The zero-order valence-corrected chi connectivity index (χ0v) is 17.4. The molecule has 0 amide bonds. The van der Waals surface area contributed by atoms with Crippen LogP contribution in [0.3, 0.4) is 0 Å². The van der Waals surface area contributed by atoms with Crippen LogP contribution in [-0.2, 0) is 0 Å². The maximum absolute atomic E-state index is 2.52. The van der Waals surface area contributed by atoms with Gasteiger partial charge in [-0.1, -0.05) is 54.9 Å². The molecule has 22 heavy (non-hydrogen) atoms. The van der Waals surface area contributed by atoms with Gasteiger partial charge in [-0.05, 0) is 73.9 Å². The Hall–Kier alpha value is 0.350. The lowest BCUT2D eigenvalue weighted by Gasteiger charge is -2.39. The molecule has 0 aromatic rings. The lowest BCUT2D eigenvalue weighted by Crippen LogP contribution is -2.31. The molecule has 0 aromatic heterocycles. The highest BCUT2D eigenvalue weighted by molar-refractivity contribution is 7.99. The molecule has 0 spiro atoms. The normalized spacial score (nSPS) is 32.7. The van der Waals surface area contributed by atoms with Crippen LogP contribution in [0.4, 0.5) is 0 Å². The zero-order chi connectivity index (χ0) is 16.9. The molecule has 0 aromatic carbocycles. The minimum atomic E-state index is 0.436. The van der Waals surface area contributed by atoms with E-state index in [-0.39, 0.29) is 0 Å². The van der Waals surface area contributed by atoms with Crippen LogP contribution in [-0.4, -0.2) is 11.0 Å². The molecule has 4 atom stereocenters. The third-order valence-corrected chi connectivity index (χ3v) is 8.16. The molecule has 0 heterocycles. The highest BCUT2D eigenvalue weighted by Crippen LogP contribution is 2.43. The summed E-state index contributed by atoms with van der Waals surface area (Å²) in [5, 5.41) is 0. The van der Waals surface area contributed by atoms with Crippen LogP contribution >= 0.6 is 11.8 Å². The van der Waals surface area contributed by atoms with Crippen molar-refractivity contribution < 1.29 is 0 Å². The van der Waals surface area contributed by atoms with Crippen molar-refractivity contribution in [1.82, 2.24) is 0 Å². The first-order valence-electron chi connectivity index (χ1n) is 9.76. The minimum absolute atomic E-state index is 0.436. The summed E-state index contributed by atoms with van der Waals surface area (Å²) in [4.78, 5) is 0. The average Bonchev–Trinajstić information content (AvgIpc) is 2.44. The second-order valence-electron chi connectivity index (χ2n) is 9.02. The van der Waals surface area contributed by atoms with Gasteiger partial charge in [-0.3, -0.25) is 0 Å². The molecule has 0 aliphatic heterocycles. The van der Waals surface area contributed by atoms with Crippen molar-refractivity contribution >= 4 is 11.8 Å². The first kappa shape index (κ1) is 20.4. The van der Waals surface area contributed by atoms with E-state index in [4.69, 9.17) is 0 Å². The fourth-order valence-electron chi connectivity index (χ4n) is 4.75. The van der Waals surface area contributed by atoms with E-state index in [1.165, 1.54) is 38.5 Å². The SMILES string of the molecule is CCCC(CC(C)CC1CC(C)C(C)C(C)C1)C(C)(C)SC. The molecule has 0 N–H and O–H groups in total. The topological polar surface area (TPSA) is 0 Å². The van der Waals surface area contributed by atoms with E-state index in [0.29, 0.717) is 4.75 Å². The van der Waals surface area contributed by atoms with E-state index in [0.717, 1.165) is 35.5 Å². The number of hydrogen-bond donors (Lipinski definition) is 0. The summed E-state index contributed by atoms with van der Waals surface area (Å²) in [6.45, 7) is 17.2. The van der Waals surface area contributed by atoms with Gasteiger partial charge < -0.3 is 0 Å². The highest BCUT2D eigenvalue weighted by Gasteiger charge is 2.33. The molecule has 1 saturated carbocycles. The van der Waals surface area contributed by atoms with Crippen molar-refractivity contribution in [2.24, 2.45) is 35.5 Å². The largest absolute Gasteiger partial charge is 0.159 e. The summed E-state index contributed by atoms with van der Waals surface area (Å²) in [7, 11) is 0. The van der Waals surface area contributed by atoms with Crippen molar-refractivity contribution in [2.45, 2.75) is 91.7 Å². The third kappa shape index (κ3) is 5.77. The van der Waals surface area contributed by atoms with Crippen LogP contribution in [0.1, 0.15) is 87.0 Å². The monoisotopic (exact) mass is 326 g/mol. The highest BCUT2D eigenvalue weighted by atomic mass is 32.2. The molecule has 1 rings (SSSR count). The van der Waals surface area contributed by atoms with Crippen LogP contribution < -0.4 is 0 Å². The molecule has 1 heteroatoms. The van der Waals surface area contributed by atoms with Crippen molar-refractivity contribution in [3.8, 4) is 0 Å². The summed E-state index contributed by atoms with van der Waals surface area (Å²) in [6, 6.07) is 0. The molecule has 0 nitrogen and oxygen atoms in total. The Bertz CT molecular complexity index is 297. The van der Waals surface area contributed by atoms with E-state index in [2.05, 4.69) is 66.5 Å². The summed E-state index contributed by atoms with van der Waals surface area (Å²) >= 11 is 2.06. The summed E-state index contributed by atoms with van der Waals surface area (Å²) in [6.07, 6.45) is 10.9. The Kier molecular flexibility index (Phi) is 8.34. The number of thioether (sulfide) groups is 1. The van der Waals surface area contributed by atoms with E-state index < -0.39 is 0 Å². The molecule has 1 fully saturated rings. The molecule has 0 radical (unpaired) electrons. The molecular formula is C21H42S. The van der Waals surface area contributed by atoms with Gasteiger partial charge in [0.05, 0.1) is 0 Å². The number of hydrogen-bond acceptors (Lipinski definition) is 1. The summed E-state index contributed by atoms with van der Waals surface area (Å²) < 4.78 is 0.436. The quantitative estimate of drug-likeness (QED) is 0.451. The third-order valence-electron chi connectivity index (χ3n) is 6.77. The Balaban J connectivity index is 2.55. The van der Waals surface area contributed by atoms with Crippen molar-refractivity contribution in [2.75, 3.05) is 6.26 Å². The molecule has 1 aliphatic rings. The van der Waals surface area contributed by atoms with Crippen LogP contribution in [0.5, 0.6) is 0 Å². The van der Waals surface area contributed by atoms with Crippen LogP contribution in [0.2, 0.25) is 0 Å². The molecule has 0 saturated heterocycles. The standard InChI is InChI=1S/C21H42S/c1-9-10-20(21(6,7)22-8)12-15(2)11-19-13-16(3)18(5)17(4)14-19/h15-20H,9-14H2,1-8H3. The lowest BCUT2D eigenvalue weighted by atomic mass is 9.67. The van der Waals surface area contributed by atoms with Crippen LogP contribution in [0.25, 0.3) is 0 Å².